The molecule has 0 spiro atoms. The van der Waals surface area contributed by atoms with Gasteiger partial charge in [-0.05, 0) is 31.1 Å². The van der Waals surface area contributed by atoms with Gasteiger partial charge in [-0.3, -0.25) is 0 Å². The smallest absolute Gasteiger partial charge is 0.0459 e. The highest BCUT2D eigenvalue weighted by Gasteiger charge is 2.25. The first-order valence-corrected chi connectivity index (χ1v) is 6.01. The van der Waals surface area contributed by atoms with E-state index in [-0.39, 0.29) is 0 Å². The molecule has 2 atom stereocenters. The minimum Gasteiger partial charge on any atom is -0.357 e. The molecule has 3 rings (SSSR count). The number of aromatic nitrogens is 1. The molecule has 2 aromatic rings. The SMILES string of the molecule is C=C=CC1Cc2c([nH]c3ccccc23)C(C)N1. The van der Waals surface area contributed by atoms with Crippen molar-refractivity contribution in [3.05, 3.63) is 53.9 Å². The summed E-state index contributed by atoms with van der Waals surface area (Å²) in [6.07, 6.45) is 3.02. The van der Waals surface area contributed by atoms with Crippen molar-refractivity contribution in [3.8, 4) is 0 Å². The highest BCUT2D eigenvalue weighted by Crippen LogP contribution is 2.31. The highest BCUT2D eigenvalue weighted by atomic mass is 15.0. The summed E-state index contributed by atoms with van der Waals surface area (Å²) in [7, 11) is 0. The zero-order valence-electron chi connectivity index (χ0n) is 9.96. The molecule has 86 valence electrons. The molecule has 0 saturated heterocycles. The fourth-order valence-electron chi connectivity index (χ4n) is 2.74. The molecule has 2 heterocycles. The number of fused-ring (bicyclic) bond motifs is 3. The monoisotopic (exact) mass is 224 g/mol. The third kappa shape index (κ3) is 1.62. The van der Waals surface area contributed by atoms with Crippen LogP contribution in [0.5, 0.6) is 0 Å². The Morgan fingerprint density at radius 3 is 3.06 bits per heavy atom. The lowest BCUT2D eigenvalue weighted by atomic mass is 9.94. The third-order valence-corrected chi connectivity index (χ3v) is 3.49. The molecule has 1 aromatic heterocycles. The second-order valence-corrected chi connectivity index (χ2v) is 4.63. The summed E-state index contributed by atoms with van der Waals surface area (Å²) in [6.45, 7) is 5.85. The second kappa shape index (κ2) is 3.92. The maximum Gasteiger partial charge on any atom is 0.0459 e. The summed E-state index contributed by atoms with van der Waals surface area (Å²) < 4.78 is 0. The van der Waals surface area contributed by atoms with E-state index in [1.807, 2.05) is 6.08 Å². The predicted octanol–water partition coefficient (Wildman–Crippen LogP) is 3.08. The number of rotatable bonds is 1. The molecular weight excluding hydrogens is 208 g/mol. The molecule has 0 aliphatic carbocycles. The average molecular weight is 224 g/mol. The maximum atomic E-state index is 3.66. The van der Waals surface area contributed by atoms with Crippen LogP contribution in [-0.4, -0.2) is 11.0 Å². The van der Waals surface area contributed by atoms with Gasteiger partial charge < -0.3 is 10.3 Å². The predicted molar refractivity (Wildman–Crippen MR) is 71.1 cm³/mol. The van der Waals surface area contributed by atoms with E-state index < -0.39 is 0 Å². The Balaban J connectivity index is 2.16. The van der Waals surface area contributed by atoms with Gasteiger partial charge in [0, 0.05) is 28.7 Å². The molecule has 0 amide bonds. The van der Waals surface area contributed by atoms with Gasteiger partial charge in [0.1, 0.15) is 0 Å². The average Bonchev–Trinajstić information content (AvgIpc) is 2.69. The molecule has 2 nitrogen and oxygen atoms in total. The third-order valence-electron chi connectivity index (χ3n) is 3.49. The topological polar surface area (TPSA) is 27.8 Å². The van der Waals surface area contributed by atoms with E-state index in [0.717, 1.165) is 6.42 Å². The second-order valence-electron chi connectivity index (χ2n) is 4.63. The molecule has 2 heteroatoms. The number of hydrogen-bond acceptors (Lipinski definition) is 1. The molecule has 1 aromatic carbocycles. The van der Waals surface area contributed by atoms with Gasteiger partial charge in [0.15, 0.2) is 0 Å². The Morgan fingerprint density at radius 2 is 2.24 bits per heavy atom. The molecule has 0 saturated carbocycles. The zero-order valence-corrected chi connectivity index (χ0v) is 9.96. The Morgan fingerprint density at radius 1 is 1.41 bits per heavy atom. The summed E-state index contributed by atoms with van der Waals surface area (Å²) >= 11 is 0. The van der Waals surface area contributed by atoms with Gasteiger partial charge in [0.25, 0.3) is 0 Å². The van der Waals surface area contributed by atoms with E-state index in [2.05, 4.69) is 53.8 Å². The Bertz CT molecular complexity index is 602. The van der Waals surface area contributed by atoms with Gasteiger partial charge in [-0.2, -0.15) is 0 Å². The fraction of sp³-hybridized carbons (Fsp3) is 0.267. The van der Waals surface area contributed by atoms with Crippen LogP contribution in [0.3, 0.4) is 0 Å². The van der Waals surface area contributed by atoms with Gasteiger partial charge in [-0.1, -0.05) is 24.8 Å². The number of H-pyrrole nitrogens is 1. The van der Waals surface area contributed by atoms with Crippen molar-refractivity contribution in [2.24, 2.45) is 0 Å². The molecule has 0 bridgehead atoms. The highest BCUT2D eigenvalue weighted by molar-refractivity contribution is 5.85. The molecule has 1 aliphatic rings. The Kier molecular flexibility index (Phi) is 2.40. The summed E-state index contributed by atoms with van der Waals surface area (Å²) in [5.41, 5.74) is 6.87. The number of para-hydroxylation sites is 1. The standard InChI is InChI=1S/C15H16N2/c1-3-6-11-9-13-12-7-4-5-8-14(12)17-15(13)10(2)16-11/h4-8,10-11,16-17H,1,9H2,2H3. The summed E-state index contributed by atoms with van der Waals surface area (Å²) in [4.78, 5) is 3.52. The summed E-state index contributed by atoms with van der Waals surface area (Å²) in [5.74, 6) is 0. The molecule has 2 N–H and O–H groups in total. The number of nitrogens with one attached hydrogen (secondary N) is 2. The van der Waals surface area contributed by atoms with Gasteiger partial charge in [-0.15, -0.1) is 5.73 Å². The van der Waals surface area contributed by atoms with Gasteiger partial charge in [0.2, 0.25) is 0 Å². The van der Waals surface area contributed by atoms with E-state index >= 15 is 0 Å². The minimum atomic E-state index is 0.342. The molecule has 0 fully saturated rings. The molecule has 2 unspecified atom stereocenters. The van der Waals surface area contributed by atoms with Crippen LogP contribution in [0, 0.1) is 0 Å². The van der Waals surface area contributed by atoms with Crippen molar-refractivity contribution in [2.75, 3.05) is 0 Å². The Labute approximate surface area is 101 Å². The quantitative estimate of drug-likeness (QED) is 0.716. The summed E-state index contributed by atoms with van der Waals surface area (Å²) in [5, 5.41) is 4.89. The molecular formula is C15H16N2. The number of hydrogen-bond donors (Lipinski definition) is 2. The van der Waals surface area contributed by atoms with Crippen LogP contribution in [-0.2, 0) is 6.42 Å². The van der Waals surface area contributed by atoms with E-state index in [9.17, 15) is 0 Å². The van der Waals surface area contributed by atoms with Crippen LogP contribution in [0.2, 0.25) is 0 Å². The van der Waals surface area contributed by atoms with E-state index in [4.69, 9.17) is 0 Å². The van der Waals surface area contributed by atoms with Gasteiger partial charge in [0.05, 0.1) is 0 Å². The van der Waals surface area contributed by atoms with Crippen LogP contribution in [0.1, 0.15) is 24.2 Å². The Hall–Kier alpha value is -1.76. The minimum absolute atomic E-state index is 0.342. The largest absolute Gasteiger partial charge is 0.357 e. The first kappa shape index (κ1) is 10.4. The lowest BCUT2D eigenvalue weighted by Gasteiger charge is -2.26. The molecule has 0 radical (unpaired) electrons. The summed E-state index contributed by atoms with van der Waals surface area (Å²) in [6, 6.07) is 9.19. The van der Waals surface area contributed by atoms with Crippen LogP contribution >= 0.6 is 0 Å². The van der Waals surface area contributed by atoms with Crippen molar-refractivity contribution in [1.82, 2.24) is 10.3 Å². The van der Waals surface area contributed by atoms with Crippen LogP contribution < -0.4 is 5.32 Å². The van der Waals surface area contributed by atoms with Crippen molar-refractivity contribution in [3.63, 3.8) is 0 Å². The van der Waals surface area contributed by atoms with E-state index in [1.54, 1.807) is 0 Å². The van der Waals surface area contributed by atoms with Crippen molar-refractivity contribution >= 4 is 10.9 Å². The number of aromatic amines is 1. The molecule has 1 aliphatic heterocycles. The van der Waals surface area contributed by atoms with Crippen molar-refractivity contribution in [1.29, 1.82) is 0 Å². The van der Waals surface area contributed by atoms with Crippen molar-refractivity contribution in [2.45, 2.75) is 25.4 Å². The van der Waals surface area contributed by atoms with Gasteiger partial charge >= 0.3 is 0 Å². The zero-order chi connectivity index (χ0) is 11.8. The number of benzene rings is 1. The van der Waals surface area contributed by atoms with Crippen LogP contribution in [0.15, 0.2) is 42.7 Å². The van der Waals surface area contributed by atoms with Gasteiger partial charge in [-0.25, -0.2) is 0 Å². The van der Waals surface area contributed by atoms with Crippen molar-refractivity contribution < 1.29 is 0 Å². The lowest BCUT2D eigenvalue weighted by Crippen LogP contribution is -2.36. The lowest BCUT2D eigenvalue weighted by molar-refractivity contribution is 0.470. The fourth-order valence-corrected chi connectivity index (χ4v) is 2.74. The first-order valence-electron chi connectivity index (χ1n) is 6.01. The normalized spacial score (nSPS) is 23.1. The van der Waals surface area contributed by atoms with E-state index in [0.29, 0.717) is 12.1 Å². The first-order chi connectivity index (χ1) is 8.29. The van der Waals surface area contributed by atoms with E-state index in [1.165, 1.54) is 22.2 Å². The molecule has 17 heavy (non-hydrogen) atoms. The van der Waals surface area contributed by atoms with Crippen LogP contribution in [0.4, 0.5) is 0 Å². The maximum absolute atomic E-state index is 3.66. The van der Waals surface area contributed by atoms with Crippen LogP contribution in [0.25, 0.3) is 10.9 Å².